The van der Waals surface area contributed by atoms with Crippen molar-refractivity contribution >= 4 is 46.7 Å². The molecule has 0 saturated heterocycles. The molecular weight excluding hydrogens is 395 g/mol. The number of hydrogen-bond acceptors (Lipinski definition) is 4. The number of carbonyl (C=O) groups excluding carboxylic acids is 2. The number of amides is 2. The fraction of sp³-hybridized carbons (Fsp3) is 0. The summed E-state index contributed by atoms with van der Waals surface area (Å²) in [7, 11) is 0. The van der Waals surface area contributed by atoms with Crippen LogP contribution < -0.4 is 16.1 Å². The Kier molecular flexibility index (Phi) is 6.55. The van der Waals surface area contributed by atoms with E-state index >= 15 is 0 Å². The summed E-state index contributed by atoms with van der Waals surface area (Å²) in [5, 5.41) is 9.62. The third kappa shape index (κ3) is 5.63. The Balaban J connectivity index is 1.68. The molecule has 0 heterocycles. The molecule has 2 amide bonds. The zero-order valence-electron chi connectivity index (χ0n) is 15.0. The topological polar surface area (TPSA) is 82.6 Å². The van der Waals surface area contributed by atoms with Gasteiger partial charge in [0.1, 0.15) is 5.82 Å². The molecule has 0 saturated carbocycles. The Bertz CT molecular complexity index is 1060. The van der Waals surface area contributed by atoms with Crippen LogP contribution in [0.1, 0.15) is 5.56 Å². The number of halogens is 2. The van der Waals surface area contributed by atoms with E-state index in [0.717, 1.165) is 0 Å². The highest BCUT2D eigenvalue weighted by Gasteiger charge is 2.12. The van der Waals surface area contributed by atoms with Gasteiger partial charge in [-0.05, 0) is 42.5 Å². The minimum absolute atomic E-state index is 0.274. The van der Waals surface area contributed by atoms with E-state index in [2.05, 4.69) is 21.2 Å². The number of para-hydroxylation sites is 2. The van der Waals surface area contributed by atoms with Crippen LogP contribution in [0, 0.1) is 5.82 Å². The molecule has 0 aliphatic carbocycles. The van der Waals surface area contributed by atoms with Crippen molar-refractivity contribution in [3.05, 3.63) is 89.2 Å². The molecule has 3 rings (SSSR count). The van der Waals surface area contributed by atoms with E-state index in [1.807, 2.05) is 0 Å². The van der Waals surface area contributed by atoms with E-state index in [9.17, 15) is 14.0 Å². The molecule has 0 bridgehead atoms. The molecule has 0 spiro atoms. The molecule has 3 N–H and O–H groups in total. The number of hydrogen-bond donors (Lipinski definition) is 3. The minimum atomic E-state index is -0.934. The number of benzene rings is 3. The van der Waals surface area contributed by atoms with Gasteiger partial charge in [-0.1, -0.05) is 41.9 Å². The number of hydrazone groups is 1. The second-order valence-corrected chi connectivity index (χ2v) is 6.29. The van der Waals surface area contributed by atoms with Crippen LogP contribution in [0.25, 0.3) is 0 Å². The summed E-state index contributed by atoms with van der Waals surface area (Å²) in [4.78, 5) is 23.8. The average molecular weight is 411 g/mol. The van der Waals surface area contributed by atoms with E-state index < -0.39 is 17.6 Å². The van der Waals surface area contributed by atoms with Crippen LogP contribution >= 0.6 is 11.6 Å². The summed E-state index contributed by atoms with van der Waals surface area (Å²) in [6.45, 7) is 0. The fourth-order valence-electron chi connectivity index (χ4n) is 2.38. The van der Waals surface area contributed by atoms with Gasteiger partial charge in [0.25, 0.3) is 0 Å². The van der Waals surface area contributed by atoms with E-state index in [1.165, 1.54) is 12.3 Å². The molecule has 0 fully saturated rings. The quantitative estimate of drug-likeness (QED) is 0.333. The molecule has 0 radical (unpaired) electrons. The summed E-state index contributed by atoms with van der Waals surface area (Å²) < 4.78 is 13.9. The smallest absolute Gasteiger partial charge is 0.329 e. The Morgan fingerprint density at radius 3 is 2.38 bits per heavy atom. The van der Waals surface area contributed by atoms with Crippen molar-refractivity contribution in [2.75, 3.05) is 10.6 Å². The van der Waals surface area contributed by atoms with Crippen LogP contribution in [0.3, 0.4) is 0 Å². The molecule has 0 unspecified atom stereocenters. The third-order valence-corrected chi connectivity index (χ3v) is 4.00. The first kappa shape index (κ1) is 20.0. The Morgan fingerprint density at radius 2 is 1.62 bits per heavy atom. The second kappa shape index (κ2) is 9.48. The molecule has 6 nitrogen and oxygen atoms in total. The van der Waals surface area contributed by atoms with E-state index in [4.69, 9.17) is 11.6 Å². The van der Waals surface area contributed by atoms with Crippen molar-refractivity contribution < 1.29 is 14.0 Å². The molecular formula is C21H16ClFN4O2. The lowest BCUT2D eigenvalue weighted by Crippen LogP contribution is -2.32. The van der Waals surface area contributed by atoms with Gasteiger partial charge in [-0.3, -0.25) is 9.59 Å². The van der Waals surface area contributed by atoms with Crippen LogP contribution in [0.2, 0.25) is 5.02 Å². The summed E-state index contributed by atoms with van der Waals surface area (Å²) in [5.74, 6) is -2.21. The van der Waals surface area contributed by atoms with Crippen molar-refractivity contribution in [2.45, 2.75) is 0 Å². The van der Waals surface area contributed by atoms with Gasteiger partial charge in [0.15, 0.2) is 0 Å². The Hall–Kier alpha value is -3.71. The lowest BCUT2D eigenvalue weighted by atomic mass is 10.2. The molecule has 146 valence electrons. The highest BCUT2D eigenvalue weighted by atomic mass is 35.5. The number of rotatable bonds is 5. The van der Waals surface area contributed by atoms with Crippen molar-refractivity contribution in [3.8, 4) is 0 Å². The molecule has 29 heavy (non-hydrogen) atoms. The maximum Gasteiger partial charge on any atom is 0.329 e. The summed E-state index contributed by atoms with van der Waals surface area (Å²) in [5.41, 5.74) is 3.92. The lowest BCUT2D eigenvalue weighted by Gasteiger charge is -2.10. The van der Waals surface area contributed by atoms with Crippen molar-refractivity contribution in [1.82, 2.24) is 5.43 Å². The van der Waals surface area contributed by atoms with Crippen molar-refractivity contribution in [1.29, 1.82) is 0 Å². The number of anilines is 3. The molecule has 3 aromatic rings. The zero-order chi connectivity index (χ0) is 20.6. The van der Waals surface area contributed by atoms with E-state index in [1.54, 1.807) is 66.7 Å². The summed E-state index contributed by atoms with van der Waals surface area (Å²) in [6.07, 6.45) is 1.31. The SMILES string of the molecule is O=C(N/N=C\c1cc(Cl)ccc1Nc1ccccc1F)C(=O)Nc1ccccc1. The standard InChI is InChI=1S/C21H16ClFN4O2/c22-15-10-11-18(26-19-9-5-4-8-17(19)23)14(12-15)13-24-27-21(29)20(28)25-16-6-2-1-3-7-16/h1-13,26H,(H,25,28)(H,27,29)/b24-13-. The lowest BCUT2D eigenvalue weighted by molar-refractivity contribution is -0.136. The maximum atomic E-state index is 13.9. The Labute approximate surface area is 171 Å². The number of carbonyl (C=O) groups is 2. The van der Waals surface area contributed by atoms with Crippen LogP contribution in [-0.4, -0.2) is 18.0 Å². The van der Waals surface area contributed by atoms with Gasteiger partial charge in [-0.2, -0.15) is 5.10 Å². The summed E-state index contributed by atoms with van der Waals surface area (Å²) >= 11 is 6.02. The van der Waals surface area contributed by atoms with Crippen LogP contribution in [0.4, 0.5) is 21.5 Å². The monoisotopic (exact) mass is 410 g/mol. The van der Waals surface area contributed by atoms with E-state index in [-0.39, 0.29) is 5.69 Å². The van der Waals surface area contributed by atoms with Gasteiger partial charge < -0.3 is 10.6 Å². The normalized spacial score (nSPS) is 10.6. The van der Waals surface area contributed by atoms with Crippen LogP contribution in [0.5, 0.6) is 0 Å². The molecule has 0 aliphatic heterocycles. The van der Waals surface area contributed by atoms with Gasteiger partial charge in [-0.15, -0.1) is 0 Å². The predicted molar refractivity (Wildman–Crippen MR) is 112 cm³/mol. The average Bonchev–Trinajstić information content (AvgIpc) is 2.72. The first-order valence-corrected chi connectivity index (χ1v) is 8.91. The van der Waals surface area contributed by atoms with Gasteiger partial charge >= 0.3 is 11.8 Å². The molecule has 0 atom stereocenters. The van der Waals surface area contributed by atoms with Crippen LogP contribution in [-0.2, 0) is 9.59 Å². The molecule has 8 heteroatoms. The molecule has 0 aliphatic rings. The Morgan fingerprint density at radius 1 is 0.897 bits per heavy atom. The third-order valence-electron chi connectivity index (χ3n) is 3.76. The van der Waals surface area contributed by atoms with Crippen molar-refractivity contribution in [2.24, 2.45) is 5.10 Å². The largest absolute Gasteiger partial charge is 0.353 e. The predicted octanol–water partition coefficient (Wildman–Crippen LogP) is 4.31. The first-order chi connectivity index (χ1) is 14.0. The fourth-order valence-corrected chi connectivity index (χ4v) is 2.56. The molecule has 0 aromatic heterocycles. The summed E-state index contributed by atoms with van der Waals surface area (Å²) in [6, 6.07) is 19.6. The van der Waals surface area contributed by atoms with Gasteiger partial charge in [0.2, 0.25) is 0 Å². The second-order valence-electron chi connectivity index (χ2n) is 5.86. The minimum Gasteiger partial charge on any atom is -0.353 e. The number of nitrogens with one attached hydrogen (secondary N) is 3. The van der Waals surface area contributed by atoms with Gasteiger partial charge in [0.05, 0.1) is 11.9 Å². The first-order valence-electron chi connectivity index (χ1n) is 8.53. The highest BCUT2D eigenvalue weighted by molar-refractivity contribution is 6.39. The zero-order valence-corrected chi connectivity index (χ0v) is 15.8. The van der Waals surface area contributed by atoms with Gasteiger partial charge in [-0.25, -0.2) is 9.82 Å². The molecule has 3 aromatic carbocycles. The van der Waals surface area contributed by atoms with Gasteiger partial charge in [0, 0.05) is 22.0 Å². The maximum absolute atomic E-state index is 13.9. The van der Waals surface area contributed by atoms with Crippen LogP contribution in [0.15, 0.2) is 77.9 Å². The highest BCUT2D eigenvalue weighted by Crippen LogP contribution is 2.24. The van der Waals surface area contributed by atoms with E-state index in [0.29, 0.717) is 22.0 Å². The van der Waals surface area contributed by atoms with Crippen molar-refractivity contribution in [3.63, 3.8) is 0 Å². The number of nitrogens with zero attached hydrogens (tertiary/aromatic N) is 1.